The van der Waals surface area contributed by atoms with Gasteiger partial charge in [0.25, 0.3) is 5.91 Å². The SMILES string of the molecule is COc1cc(-c2c3c(C#N)cc(-c4cnn(CC5CC5)c4)cc3nn2C)cc(OC(F)F)c1C(=O)N[C@@H]1C[C@@H]1F. The van der Waals surface area contributed by atoms with E-state index in [2.05, 4.69) is 21.6 Å². The second kappa shape index (κ2) is 9.89. The van der Waals surface area contributed by atoms with Crippen molar-refractivity contribution in [2.75, 3.05) is 7.11 Å². The lowest BCUT2D eigenvalue weighted by Crippen LogP contribution is -2.28. The Hall–Kier alpha value is -4.53. The van der Waals surface area contributed by atoms with Gasteiger partial charge in [0.2, 0.25) is 0 Å². The van der Waals surface area contributed by atoms with E-state index in [4.69, 9.17) is 9.47 Å². The van der Waals surface area contributed by atoms with Crippen molar-refractivity contribution in [3.8, 4) is 40.0 Å². The maximum atomic E-state index is 13.4. The molecule has 2 aromatic carbocycles. The number of ether oxygens (including phenoxy) is 2. The van der Waals surface area contributed by atoms with E-state index in [1.54, 1.807) is 19.3 Å². The maximum absolute atomic E-state index is 13.4. The van der Waals surface area contributed by atoms with E-state index in [0.717, 1.165) is 17.7 Å². The molecule has 0 spiro atoms. The smallest absolute Gasteiger partial charge is 0.387 e. The number of hydrogen-bond acceptors (Lipinski definition) is 6. The molecule has 1 N–H and O–H groups in total. The van der Waals surface area contributed by atoms with Crippen LogP contribution in [0.2, 0.25) is 0 Å². The van der Waals surface area contributed by atoms with Crippen LogP contribution in [0.4, 0.5) is 13.2 Å². The van der Waals surface area contributed by atoms with Crippen molar-refractivity contribution in [3.63, 3.8) is 0 Å². The van der Waals surface area contributed by atoms with E-state index in [-0.39, 0.29) is 17.7 Å². The van der Waals surface area contributed by atoms with Crippen LogP contribution in [0, 0.1) is 17.2 Å². The number of hydrogen-bond donors (Lipinski definition) is 1. The Balaban J connectivity index is 1.45. The molecule has 2 heterocycles. The Morgan fingerprint density at radius 2 is 1.95 bits per heavy atom. The van der Waals surface area contributed by atoms with Crippen LogP contribution in [0.5, 0.6) is 11.5 Å². The Bertz CT molecular complexity index is 1670. The highest BCUT2D eigenvalue weighted by molar-refractivity contribution is 6.03. The first-order valence-corrected chi connectivity index (χ1v) is 12.8. The Kier molecular flexibility index (Phi) is 6.37. The molecule has 2 aromatic heterocycles. The van der Waals surface area contributed by atoms with Crippen LogP contribution in [0.3, 0.4) is 0 Å². The highest BCUT2D eigenvalue weighted by Crippen LogP contribution is 2.41. The highest BCUT2D eigenvalue weighted by Gasteiger charge is 2.40. The first-order chi connectivity index (χ1) is 19.2. The highest BCUT2D eigenvalue weighted by atomic mass is 19.3. The number of methoxy groups -OCH3 is 1. The van der Waals surface area contributed by atoms with Crippen LogP contribution in [0.25, 0.3) is 33.3 Å². The van der Waals surface area contributed by atoms with E-state index < -0.39 is 30.5 Å². The fourth-order valence-electron chi connectivity index (χ4n) is 4.95. The summed E-state index contributed by atoms with van der Waals surface area (Å²) in [5.41, 5.74) is 2.97. The first kappa shape index (κ1) is 25.7. The molecule has 40 heavy (non-hydrogen) atoms. The fourth-order valence-corrected chi connectivity index (χ4v) is 4.95. The first-order valence-electron chi connectivity index (χ1n) is 12.8. The minimum Gasteiger partial charge on any atom is -0.496 e. The van der Waals surface area contributed by atoms with Crippen molar-refractivity contribution in [3.05, 3.63) is 47.8 Å². The number of carbonyl (C=O) groups is 1. The predicted octanol–water partition coefficient (Wildman–Crippen LogP) is 4.84. The van der Waals surface area contributed by atoms with Gasteiger partial charge in [-0.05, 0) is 48.6 Å². The normalized spacial score (nSPS) is 18.1. The van der Waals surface area contributed by atoms with Gasteiger partial charge in [-0.25, -0.2) is 4.39 Å². The number of carbonyl (C=O) groups excluding carboxylic acids is 1. The number of amides is 1. The van der Waals surface area contributed by atoms with Crippen molar-refractivity contribution >= 4 is 16.8 Å². The average molecular weight is 551 g/mol. The molecular formula is C28H25F3N6O3. The van der Waals surface area contributed by atoms with Gasteiger partial charge < -0.3 is 14.8 Å². The van der Waals surface area contributed by atoms with Crippen molar-refractivity contribution < 1.29 is 27.4 Å². The quantitative estimate of drug-likeness (QED) is 0.320. The van der Waals surface area contributed by atoms with Crippen molar-refractivity contribution in [1.82, 2.24) is 24.9 Å². The number of rotatable bonds is 9. The number of nitrogens with zero attached hydrogens (tertiary/aromatic N) is 5. The van der Waals surface area contributed by atoms with Gasteiger partial charge in [0.1, 0.15) is 23.2 Å². The molecule has 1 amide bonds. The minimum absolute atomic E-state index is 0.0470. The van der Waals surface area contributed by atoms with Gasteiger partial charge in [0, 0.05) is 42.7 Å². The number of nitriles is 1. The molecule has 0 aliphatic heterocycles. The number of halogens is 3. The monoisotopic (exact) mass is 550 g/mol. The molecular weight excluding hydrogens is 525 g/mol. The molecule has 0 radical (unpaired) electrons. The molecule has 0 unspecified atom stereocenters. The summed E-state index contributed by atoms with van der Waals surface area (Å²) in [5.74, 6) is -0.616. The van der Waals surface area contributed by atoms with Crippen LogP contribution in [0.1, 0.15) is 35.2 Å². The third-order valence-corrected chi connectivity index (χ3v) is 7.20. The Labute approximate surface area is 227 Å². The van der Waals surface area contributed by atoms with Gasteiger partial charge in [-0.3, -0.25) is 14.2 Å². The number of fused-ring (bicyclic) bond motifs is 1. The summed E-state index contributed by atoms with van der Waals surface area (Å²) in [6.07, 6.45) is 5.07. The summed E-state index contributed by atoms with van der Waals surface area (Å²) in [5, 5.41) is 22.1. The summed E-state index contributed by atoms with van der Waals surface area (Å²) < 4.78 is 53.8. The van der Waals surface area contributed by atoms with Crippen molar-refractivity contribution in [2.24, 2.45) is 13.0 Å². The van der Waals surface area contributed by atoms with Crippen LogP contribution < -0.4 is 14.8 Å². The van der Waals surface area contributed by atoms with Gasteiger partial charge in [0.05, 0.1) is 42.2 Å². The number of aryl methyl sites for hydroxylation is 1. The zero-order chi connectivity index (χ0) is 28.1. The van der Waals surface area contributed by atoms with E-state index in [1.165, 1.54) is 36.8 Å². The zero-order valence-electron chi connectivity index (χ0n) is 21.7. The molecule has 2 saturated carbocycles. The summed E-state index contributed by atoms with van der Waals surface area (Å²) in [7, 11) is 2.95. The second-order valence-electron chi connectivity index (χ2n) is 10.2. The van der Waals surface area contributed by atoms with Crippen LogP contribution in [-0.4, -0.2) is 51.4 Å². The molecule has 0 bridgehead atoms. The molecule has 0 saturated heterocycles. The van der Waals surface area contributed by atoms with Gasteiger partial charge >= 0.3 is 6.61 Å². The van der Waals surface area contributed by atoms with Crippen molar-refractivity contribution in [2.45, 2.75) is 44.6 Å². The third kappa shape index (κ3) is 4.83. The van der Waals surface area contributed by atoms with E-state index in [9.17, 15) is 23.2 Å². The molecule has 4 aromatic rings. The second-order valence-corrected chi connectivity index (χ2v) is 10.2. The predicted molar refractivity (Wildman–Crippen MR) is 139 cm³/mol. The van der Waals surface area contributed by atoms with Crippen molar-refractivity contribution in [1.29, 1.82) is 5.26 Å². The van der Waals surface area contributed by atoms with Gasteiger partial charge in [0.15, 0.2) is 0 Å². The van der Waals surface area contributed by atoms with Gasteiger partial charge in [-0.15, -0.1) is 0 Å². The molecule has 206 valence electrons. The van der Waals surface area contributed by atoms with Crippen LogP contribution in [0.15, 0.2) is 36.7 Å². The number of nitrogens with one attached hydrogen (secondary N) is 1. The fraction of sp³-hybridized carbons (Fsp3) is 0.357. The van der Waals surface area contributed by atoms with Crippen LogP contribution in [-0.2, 0) is 13.6 Å². The van der Waals surface area contributed by atoms with E-state index in [0.29, 0.717) is 33.6 Å². The average Bonchev–Trinajstić information content (AvgIpc) is 3.77. The van der Waals surface area contributed by atoms with E-state index >= 15 is 0 Å². The zero-order valence-corrected chi connectivity index (χ0v) is 21.7. The summed E-state index contributed by atoms with van der Waals surface area (Å²) in [6.45, 7) is -2.38. The topological polar surface area (TPSA) is 107 Å². The molecule has 2 aliphatic carbocycles. The summed E-state index contributed by atoms with van der Waals surface area (Å²) in [4.78, 5) is 12.9. The van der Waals surface area contributed by atoms with Crippen LogP contribution >= 0.6 is 0 Å². The molecule has 6 rings (SSSR count). The largest absolute Gasteiger partial charge is 0.496 e. The molecule has 2 atom stereocenters. The Morgan fingerprint density at radius 3 is 2.60 bits per heavy atom. The summed E-state index contributed by atoms with van der Waals surface area (Å²) in [6, 6.07) is 7.88. The number of alkyl halides is 3. The molecule has 2 aliphatic rings. The molecule has 2 fully saturated rings. The number of aromatic nitrogens is 4. The molecule has 9 nitrogen and oxygen atoms in total. The summed E-state index contributed by atoms with van der Waals surface area (Å²) >= 11 is 0. The minimum atomic E-state index is -3.23. The number of benzene rings is 2. The lowest BCUT2D eigenvalue weighted by molar-refractivity contribution is -0.0502. The van der Waals surface area contributed by atoms with Gasteiger partial charge in [-0.1, -0.05) is 0 Å². The van der Waals surface area contributed by atoms with E-state index in [1.807, 2.05) is 16.9 Å². The molecule has 12 heteroatoms. The lowest BCUT2D eigenvalue weighted by atomic mass is 9.97. The lowest BCUT2D eigenvalue weighted by Gasteiger charge is -2.17. The third-order valence-electron chi connectivity index (χ3n) is 7.20. The Morgan fingerprint density at radius 1 is 1.20 bits per heavy atom. The standard InChI is InChI=1S/C28H25F3N6O3/c1-36-26(16-7-22(39-2)25(23(8-16)40-28(30)31)27(38)34-20-9-19(20)29)24-17(10-32)5-15(6-21(24)35-36)18-11-33-37(13-18)12-14-3-4-14/h5-8,11,13-14,19-20,28H,3-4,9,12H2,1-2H3,(H,34,38)/t19-,20+/m0/s1. The maximum Gasteiger partial charge on any atom is 0.387 e. The van der Waals surface area contributed by atoms with Gasteiger partial charge in [-0.2, -0.15) is 24.2 Å².